The van der Waals surface area contributed by atoms with E-state index in [1.54, 1.807) is 0 Å². The van der Waals surface area contributed by atoms with Gasteiger partial charge in [-0.1, -0.05) is 60.7 Å². The van der Waals surface area contributed by atoms with Crippen LogP contribution in [0.4, 0.5) is 0 Å². The number of carbonyl (C=O) groups excluding carboxylic acids is 2. The summed E-state index contributed by atoms with van der Waals surface area (Å²) in [5.41, 5.74) is -1.53. The first kappa shape index (κ1) is 23.6. The van der Waals surface area contributed by atoms with Crippen LogP contribution in [0.15, 0.2) is 71.7 Å². The second-order valence-corrected chi connectivity index (χ2v) is 7.70. The Bertz CT molecular complexity index is 1170. The van der Waals surface area contributed by atoms with Crippen molar-refractivity contribution in [2.75, 3.05) is 0 Å². The number of aliphatic hydroxyl groups is 1. The molecule has 0 aliphatic carbocycles. The number of hydrogen-bond donors (Lipinski definition) is 4. The zero-order chi connectivity index (χ0) is 24.0. The number of hydrogen-bond acceptors (Lipinski definition) is 6. The van der Waals surface area contributed by atoms with E-state index < -0.39 is 34.9 Å². The van der Waals surface area contributed by atoms with Gasteiger partial charge >= 0.3 is 5.97 Å². The Balaban J connectivity index is 1.79. The molecule has 0 saturated heterocycles. The molecule has 9 heteroatoms. The lowest BCUT2D eigenvalue weighted by molar-refractivity contribution is -0.157. The largest absolute Gasteiger partial charge is 0.479 e. The van der Waals surface area contributed by atoms with Crippen LogP contribution in [-0.2, 0) is 4.79 Å². The van der Waals surface area contributed by atoms with E-state index in [0.717, 1.165) is 24.2 Å². The summed E-state index contributed by atoms with van der Waals surface area (Å²) in [6.07, 6.45) is 0.296. The van der Waals surface area contributed by atoms with Gasteiger partial charge in [0, 0.05) is 12.6 Å². The van der Waals surface area contributed by atoms with E-state index in [4.69, 9.17) is 5.11 Å². The maximum absolute atomic E-state index is 12.9. The van der Waals surface area contributed by atoms with Crippen molar-refractivity contribution in [3.63, 3.8) is 0 Å². The van der Waals surface area contributed by atoms with Crippen LogP contribution < -0.4 is 10.9 Å². The first-order valence-electron chi connectivity index (χ1n) is 10.2. The first-order valence-corrected chi connectivity index (χ1v) is 10.2. The number of H-pyrrole nitrogens is 1. The summed E-state index contributed by atoms with van der Waals surface area (Å²) in [5.74, 6) is -3.11. The molecule has 0 spiro atoms. The van der Waals surface area contributed by atoms with Gasteiger partial charge in [0.2, 0.25) is 0 Å². The summed E-state index contributed by atoms with van der Waals surface area (Å²) >= 11 is 0. The van der Waals surface area contributed by atoms with Crippen molar-refractivity contribution in [3.05, 3.63) is 99.7 Å². The van der Waals surface area contributed by atoms with Crippen molar-refractivity contribution in [2.24, 2.45) is 0 Å². The quantitative estimate of drug-likeness (QED) is 0.365. The molecule has 1 amide bonds. The van der Waals surface area contributed by atoms with Crippen LogP contribution in [0, 0.1) is 0 Å². The molecule has 33 heavy (non-hydrogen) atoms. The Kier molecular flexibility index (Phi) is 7.14. The van der Waals surface area contributed by atoms with Crippen LogP contribution in [0.5, 0.6) is 0 Å². The number of benzene rings is 2. The fourth-order valence-corrected chi connectivity index (χ4v) is 3.14. The Labute approximate surface area is 189 Å². The van der Waals surface area contributed by atoms with Gasteiger partial charge in [-0.05, 0) is 24.5 Å². The molecule has 3 aromatic rings. The van der Waals surface area contributed by atoms with Crippen molar-refractivity contribution in [3.8, 4) is 0 Å². The van der Waals surface area contributed by atoms with E-state index in [1.165, 1.54) is 0 Å². The van der Waals surface area contributed by atoms with E-state index in [1.807, 2.05) is 60.7 Å². The Morgan fingerprint density at radius 2 is 1.58 bits per heavy atom. The number of Topliss-reactive ketones (excluding diaryl/α,β-unsaturated/α-hetero) is 1. The molecule has 1 aromatic heterocycles. The number of nitrogens with one attached hydrogen (secondary N) is 2. The summed E-state index contributed by atoms with van der Waals surface area (Å²) in [6, 6.07) is 18.0. The van der Waals surface area contributed by atoms with Gasteiger partial charge in [0.15, 0.2) is 17.2 Å². The standard InChI is InChI=1S/C24H23N3O6/c1-24(33,23(31)32)13-12-18(28)20-25-14-17(22(30)27-20)21(29)26-19(15-8-4-2-5-9-15)16-10-6-3-7-11-16/h2-11,14,19,33H,12-13H2,1H3,(H,26,29)(H,31,32)(H,25,27,30). The SMILES string of the molecule is CC(O)(CCC(=O)c1ncc(C(=O)NC(c2ccccc2)c2ccccc2)c(=O)[nH]1)C(=O)O. The molecule has 1 heterocycles. The van der Waals surface area contributed by atoms with Crippen LogP contribution >= 0.6 is 0 Å². The molecule has 0 fully saturated rings. The zero-order valence-corrected chi connectivity index (χ0v) is 17.8. The number of aromatic amines is 1. The molecule has 1 atom stereocenters. The molecule has 0 saturated carbocycles. The minimum Gasteiger partial charge on any atom is -0.479 e. The first-order chi connectivity index (χ1) is 15.7. The molecule has 3 rings (SSSR count). The highest BCUT2D eigenvalue weighted by molar-refractivity contribution is 5.96. The van der Waals surface area contributed by atoms with Crippen LogP contribution in [-0.4, -0.2) is 43.4 Å². The highest BCUT2D eigenvalue weighted by Gasteiger charge is 2.31. The number of nitrogens with zero attached hydrogens (tertiary/aromatic N) is 1. The molecular formula is C24H23N3O6. The normalized spacial score (nSPS) is 12.7. The number of aliphatic carboxylic acids is 1. The fraction of sp³-hybridized carbons (Fsp3) is 0.208. The monoisotopic (exact) mass is 449 g/mol. The van der Waals surface area contributed by atoms with E-state index in [-0.39, 0.29) is 24.2 Å². The third kappa shape index (κ3) is 5.78. The van der Waals surface area contributed by atoms with Gasteiger partial charge in [-0.3, -0.25) is 14.4 Å². The number of aromatic nitrogens is 2. The van der Waals surface area contributed by atoms with Crippen molar-refractivity contribution in [2.45, 2.75) is 31.4 Å². The maximum atomic E-state index is 12.9. The topological polar surface area (TPSA) is 149 Å². The summed E-state index contributed by atoms with van der Waals surface area (Å²) < 4.78 is 0. The molecular weight excluding hydrogens is 426 g/mol. The summed E-state index contributed by atoms with van der Waals surface area (Å²) in [5, 5.41) is 21.5. The Morgan fingerprint density at radius 3 is 2.06 bits per heavy atom. The van der Waals surface area contributed by atoms with Gasteiger partial charge in [0.1, 0.15) is 5.56 Å². The number of rotatable bonds is 9. The molecule has 170 valence electrons. The zero-order valence-electron chi connectivity index (χ0n) is 17.8. The molecule has 1 unspecified atom stereocenters. The van der Waals surface area contributed by atoms with Gasteiger partial charge in [-0.2, -0.15) is 0 Å². The lowest BCUT2D eigenvalue weighted by atomic mass is 9.98. The summed E-state index contributed by atoms with van der Waals surface area (Å²) in [7, 11) is 0. The van der Waals surface area contributed by atoms with Gasteiger partial charge in [0.05, 0.1) is 6.04 Å². The molecule has 0 aliphatic heterocycles. The molecule has 0 bridgehead atoms. The molecule has 2 aromatic carbocycles. The third-order valence-corrected chi connectivity index (χ3v) is 5.15. The predicted molar refractivity (Wildman–Crippen MR) is 119 cm³/mol. The van der Waals surface area contributed by atoms with E-state index in [2.05, 4.69) is 15.3 Å². The number of ketones is 1. The van der Waals surface area contributed by atoms with Crippen molar-refractivity contribution < 1.29 is 24.6 Å². The number of carbonyl (C=O) groups is 3. The van der Waals surface area contributed by atoms with E-state index in [0.29, 0.717) is 0 Å². The number of carboxylic acid groups (broad SMARTS) is 1. The minimum absolute atomic E-state index is 0.277. The van der Waals surface area contributed by atoms with Crippen molar-refractivity contribution >= 4 is 17.7 Å². The number of amides is 1. The van der Waals surface area contributed by atoms with Gasteiger partial charge < -0.3 is 20.5 Å². The Hall–Kier alpha value is -4.11. The summed E-state index contributed by atoms with van der Waals surface area (Å²) in [6.45, 7) is 1.07. The molecule has 0 radical (unpaired) electrons. The minimum atomic E-state index is -2.08. The van der Waals surface area contributed by atoms with Crippen molar-refractivity contribution in [1.29, 1.82) is 0 Å². The van der Waals surface area contributed by atoms with Crippen molar-refractivity contribution in [1.82, 2.24) is 15.3 Å². The van der Waals surface area contributed by atoms with Gasteiger partial charge in [0.25, 0.3) is 11.5 Å². The van der Waals surface area contributed by atoms with Crippen LogP contribution in [0.25, 0.3) is 0 Å². The van der Waals surface area contributed by atoms with Crippen LogP contribution in [0.2, 0.25) is 0 Å². The fourth-order valence-electron chi connectivity index (χ4n) is 3.14. The summed E-state index contributed by atoms with van der Waals surface area (Å²) in [4.78, 5) is 54.7. The van der Waals surface area contributed by atoms with E-state index >= 15 is 0 Å². The highest BCUT2D eigenvalue weighted by Crippen LogP contribution is 2.22. The smallest absolute Gasteiger partial charge is 0.335 e. The average Bonchev–Trinajstić information content (AvgIpc) is 2.81. The second-order valence-electron chi connectivity index (χ2n) is 7.70. The number of carboxylic acids is 1. The Morgan fingerprint density at radius 1 is 1.03 bits per heavy atom. The van der Waals surface area contributed by atoms with Crippen LogP contribution in [0.1, 0.15) is 57.9 Å². The van der Waals surface area contributed by atoms with E-state index in [9.17, 15) is 24.3 Å². The molecule has 9 nitrogen and oxygen atoms in total. The molecule has 4 N–H and O–H groups in total. The third-order valence-electron chi connectivity index (χ3n) is 5.15. The lowest BCUT2D eigenvalue weighted by Gasteiger charge is -2.19. The average molecular weight is 449 g/mol. The molecule has 0 aliphatic rings. The maximum Gasteiger partial charge on any atom is 0.335 e. The van der Waals surface area contributed by atoms with Gasteiger partial charge in [-0.15, -0.1) is 0 Å². The predicted octanol–water partition coefficient (Wildman–Crippen LogP) is 2.09. The highest BCUT2D eigenvalue weighted by atomic mass is 16.4. The van der Waals surface area contributed by atoms with Gasteiger partial charge in [-0.25, -0.2) is 9.78 Å². The second kappa shape index (κ2) is 10.0. The van der Waals surface area contributed by atoms with Crippen LogP contribution in [0.3, 0.4) is 0 Å². The lowest BCUT2D eigenvalue weighted by Crippen LogP contribution is -2.36.